The Hall–Kier alpha value is -6.54. The van der Waals surface area contributed by atoms with Crippen LogP contribution in [0.3, 0.4) is 0 Å². The highest BCUT2D eigenvalue weighted by Gasteiger charge is 2.27. The van der Waals surface area contributed by atoms with E-state index in [2.05, 4.69) is 90.6 Å². The maximum atomic E-state index is 12.8. The summed E-state index contributed by atoms with van der Waals surface area (Å²) in [5, 5.41) is 0. The van der Waals surface area contributed by atoms with Gasteiger partial charge < -0.3 is 47.4 Å². The van der Waals surface area contributed by atoms with Crippen molar-refractivity contribution in [1.82, 2.24) is 49.3 Å². The molecule has 4 aromatic heterocycles. The number of nitrogens with zero attached hydrogens (tertiary/aromatic N) is 8. The normalized spacial score (nSPS) is 16.5. The Balaban J connectivity index is 0.000000182. The second-order valence-corrected chi connectivity index (χ2v) is 20.7. The fourth-order valence-electron chi connectivity index (χ4n) is 7.37. The van der Waals surface area contributed by atoms with Gasteiger partial charge in [-0.3, -0.25) is 9.44 Å². The second kappa shape index (κ2) is 24.7. The van der Waals surface area contributed by atoms with Gasteiger partial charge in [0.25, 0.3) is 20.4 Å². The number of rotatable bonds is 22. The third kappa shape index (κ3) is 14.4. The number of halogens is 2. The van der Waals surface area contributed by atoms with Crippen LogP contribution in [0.5, 0.6) is 46.8 Å². The van der Waals surface area contributed by atoms with E-state index in [1.54, 1.807) is 61.2 Å². The summed E-state index contributed by atoms with van der Waals surface area (Å²) in [7, 11) is -7.94. The van der Waals surface area contributed by atoms with E-state index in [-0.39, 0.29) is 101 Å². The molecule has 2 saturated heterocycles. The molecule has 2 fully saturated rings. The number of ether oxygens (including phenoxy) is 10. The Kier molecular flexibility index (Phi) is 17.4. The van der Waals surface area contributed by atoms with Crippen LogP contribution < -0.4 is 56.8 Å². The number of fused-ring (bicyclic) bond motifs is 2. The van der Waals surface area contributed by atoms with Crippen molar-refractivity contribution in [2.75, 3.05) is 75.8 Å². The highest BCUT2D eigenvalue weighted by molar-refractivity contribution is 9.10. The molecule has 4 N–H and O–H groups in total. The van der Waals surface area contributed by atoms with Crippen molar-refractivity contribution < 1.29 is 64.2 Å². The summed E-state index contributed by atoms with van der Waals surface area (Å²) in [6.07, 6.45) is 11.8. The van der Waals surface area contributed by atoms with Gasteiger partial charge in [0.2, 0.25) is 25.3 Å². The van der Waals surface area contributed by atoms with Crippen LogP contribution in [0.25, 0.3) is 22.3 Å². The Morgan fingerprint density at radius 3 is 1.34 bits per heavy atom. The largest absolute Gasteiger partial charge is 0.473 e. The highest BCUT2D eigenvalue weighted by atomic mass is 79.9. The number of anilines is 2. The number of hydrogen-bond donors (Lipinski definition) is 4. The minimum atomic E-state index is -3.97. The van der Waals surface area contributed by atoms with Crippen LogP contribution in [0.1, 0.15) is 25.7 Å². The van der Waals surface area contributed by atoms with Crippen molar-refractivity contribution in [3.63, 3.8) is 0 Å². The summed E-state index contributed by atoms with van der Waals surface area (Å²) in [6.45, 7) is 2.14. The van der Waals surface area contributed by atoms with Crippen molar-refractivity contribution in [2.45, 2.75) is 37.9 Å². The molecular weight excluding hydrogens is 1140 g/mol. The molecule has 4 aliphatic rings. The molecule has 0 bridgehead atoms. The van der Waals surface area contributed by atoms with Gasteiger partial charge in [-0.15, -0.1) is 0 Å². The van der Waals surface area contributed by atoms with Crippen LogP contribution in [0.15, 0.2) is 82.8 Å². The van der Waals surface area contributed by atoms with Crippen LogP contribution >= 0.6 is 31.9 Å². The minimum absolute atomic E-state index is 0.0286. The van der Waals surface area contributed by atoms with Crippen molar-refractivity contribution in [3.8, 4) is 69.0 Å². The molecule has 4 aliphatic heterocycles. The predicted octanol–water partition coefficient (Wildman–Crippen LogP) is 4.62. The van der Waals surface area contributed by atoms with E-state index >= 15 is 0 Å². The first kappa shape index (κ1) is 52.3. The van der Waals surface area contributed by atoms with E-state index in [4.69, 9.17) is 47.4 Å². The number of hydrogen-bond acceptors (Lipinski definition) is 22. The summed E-state index contributed by atoms with van der Waals surface area (Å²) in [4.78, 5) is 33.0. The first-order valence-corrected chi connectivity index (χ1v) is 27.2. The zero-order chi connectivity index (χ0) is 51.3. The first-order chi connectivity index (χ1) is 35.9. The smallest absolute Gasteiger partial charge is 0.316 e. The third-order valence-electron chi connectivity index (χ3n) is 10.8. The lowest BCUT2D eigenvalue weighted by Crippen LogP contribution is -2.36. The number of aromatic nitrogens is 8. The van der Waals surface area contributed by atoms with Gasteiger partial charge in [-0.2, -0.15) is 26.3 Å². The van der Waals surface area contributed by atoms with Crippen molar-refractivity contribution in [1.29, 1.82) is 0 Å². The fraction of sp³-hybridized carbons (Fsp3) is 0.364. The predicted molar refractivity (Wildman–Crippen MR) is 268 cm³/mol. The molecule has 30 heteroatoms. The van der Waals surface area contributed by atoms with E-state index < -0.39 is 20.4 Å². The number of benzene rings is 2. The molecule has 0 unspecified atom stereocenters. The van der Waals surface area contributed by atoms with Crippen molar-refractivity contribution in [3.05, 3.63) is 82.8 Å². The minimum Gasteiger partial charge on any atom is -0.473 e. The maximum absolute atomic E-state index is 12.8. The van der Waals surface area contributed by atoms with Gasteiger partial charge in [-0.1, -0.05) is 12.1 Å². The summed E-state index contributed by atoms with van der Waals surface area (Å²) in [6, 6.07) is 10.7. The number of nitrogens with one attached hydrogen (secondary N) is 4. The van der Waals surface area contributed by atoms with Gasteiger partial charge in [0, 0.05) is 51.1 Å². The molecule has 8 heterocycles. The van der Waals surface area contributed by atoms with Crippen molar-refractivity contribution in [2.24, 2.45) is 0 Å². The Morgan fingerprint density at radius 1 is 0.527 bits per heavy atom. The van der Waals surface area contributed by atoms with Gasteiger partial charge in [0.15, 0.2) is 34.6 Å². The molecule has 74 heavy (non-hydrogen) atoms. The topological polar surface area (TPSA) is 312 Å². The summed E-state index contributed by atoms with van der Waals surface area (Å²) in [5.74, 6) is 2.51. The molecule has 0 radical (unpaired) electrons. The lowest BCUT2D eigenvalue weighted by atomic mass is 10.1. The Bertz CT molecular complexity index is 2890. The van der Waals surface area contributed by atoms with E-state index in [0.717, 1.165) is 34.6 Å². The quantitative estimate of drug-likeness (QED) is 0.0674. The molecule has 6 aromatic rings. The molecule has 0 amide bonds. The lowest BCUT2D eigenvalue weighted by Gasteiger charge is -2.17. The molecule has 10 rings (SSSR count). The molecule has 2 atom stereocenters. The lowest BCUT2D eigenvalue weighted by molar-refractivity contribution is 0.114. The first-order valence-electron chi connectivity index (χ1n) is 22.7. The third-order valence-corrected chi connectivity index (χ3v) is 13.6. The van der Waals surface area contributed by atoms with Gasteiger partial charge in [0.05, 0.1) is 32.3 Å². The zero-order valence-electron chi connectivity index (χ0n) is 38.8. The molecule has 26 nitrogen and oxygen atoms in total. The van der Waals surface area contributed by atoms with Crippen molar-refractivity contribution >= 4 is 63.9 Å². The SMILES string of the molecule is O=S(=O)(NC[C@@H]1CCCO1)Nc1ncnc(OCCOc2ncc(Br)cn2)c1-c1ccc2c(c1)OCO2.O=S(=O)(NC[C@H]1CCCO1)Nc1ncnc(OCCOc2ncc(Br)cn2)c1-c1ccc2c(c1)OCO2. The molecular formula is C44H46Br2N12O14S2. The average molecular weight is 1190 g/mol. The van der Waals surface area contributed by atoms with E-state index in [0.29, 0.717) is 58.5 Å². The Morgan fingerprint density at radius 2 is 0.932 bits per heavy atom. The van der Waals surface area contributed by atoms with E-state index in [1.165, 1.54) is 12.7 Å². The Labute approximate surface area is 440 Å². The summed E-state index contributed by atoms with van der Waals surface area (Å²) in [5.41, 5.74) is 1.77. The van der Waals surface area contributed by atoms with Gasteiger partial charge in [0.1, 0.15) is 39.1 Å². The van der Waals surface area contributed by atoms with Crippen LogP contribution in [-0.4, -0.2) is 135 Å². The zero-order valence-corrected chi connectivity index (χ0v) is 43.7. The standard InChI is InChI=1S/2C22H23BrN6O7S/c2*23-15-9-24-22(25-10-15)34-7-6-33-21-19(14-3-4-17-18(8-14)36-13-35-17)20(26-12-27-21)29-37(30,31)28-11-16-2-1-5-32-16/h2*3-4,8-10,12,16,28H,1-2,5-7,11,13H2,(H,26,27,29)/t2*16-/m10/s1. The van der Waals surface area contributed by atoms with E-state index in [9.17, 15) is 16.8 Å². The molecule has 0 aliphatic carbocycles. The summed E-state index contributed by atoms with van der Waals surface area (Å²) >= 11 is 6.53. The molecule has 2 aromatic carbocycles. The van der Waals surface area contributed by atoms with Crippen LogP contribution in [0.4, 0.5) is 11.6 Å². The second-order valence-electron chi connectivity index (χ2n) is 15.9. The van der Waals surface area contributed by atoms with Crippen LogP contribution in [0.2, 0.25) is 0 Å². The average Bonchev–Trinajstić information content (AvgIpc) is 4.26. The fourth-order valence-corrected chi connectivity index (χ4v) is 9.56. The summed E-state index contributed by atoms with van der Waals surface area (Å²) < 4.78 is 118. The molecule has 0 spiro atoms. The molecule has 0 saturated carbocycles. The van der Waals surface area contributed by atoms with Gasteiger partial charge in [-0.25, -0.2) is 39.9 Å². The van der Waals surface area contributed by atoms with Crippen LogP contribution in [0, 0.1) is 0 Å². The maximum Gasteiger partial charge on any atom is 0.316 e. The van der Waals surface area contributed by atoms with Crippen LogP contribution in [-0.2, 0) is 29.9 Å². The van der Waals surface area contributed by atoms with Gasteiger partial charge in [-0.05, 0) is 92.9 Å². The monoisotopic (exact) mass is 1190 g/mol. The van der Waals surface area contributed by atoms with Gasteiger partial charge >= 0.3 is 12.0 Å². The van der Waals surface area contributed by atoms with E-state index in [1.807, 2.05) is 0 Å². The molecule has 392 valence electrons. The highest BCUT2D eigenvalue weighted by Crippen LogP contribution is 2.42.